The zero-order chi connectivity index (χ0) is 25.2. The van der Waals surface area contributed by atoms with E-state index in [0.717, 1.165) is 23.1 Å². The number of rotatable bonds is 7. The molecular formula is C22H17F3N6O4. The molecule has 13 heteroatoms. The number of hydrogen-bond acceptors (Lipinski definition) is 8. The van der Waals surface area contributed by atoms with Crippen molar-refractivity contribution in [3.8, 4) is 28.4 Å². The second-order valence-corrected chi connectivity index (χ2v) is 7.07. The van der Waals surface area contributed by atoms with Crippen molar-refractivity contribution in [1.29, 1.82) is 0 Å². The Morgan fingerprint density at radius 1 is 1.06 bits per heavy atom. The van der Waals surface area contributed by atoms with Gasteiger partial charge in [0.05, 0.1) is 19.8 Å². The molecule has 0 saturated heterocycles. The predicted molar refractivity (Wildman–Crippen MR) is 117 cm³/mol. The summed E-state index contributed by atoms with van der Waals surface area (Å²) in [5.41, 5.74) is -0.252. The van der Waals surface area contributed by atoms with Crippen LogP contribution in [0.3, 0.4) is 0 Å². The largest absolute Gasteiger partial charge is 0.497 e. The van der Waals surface area contributed by atoms with Crippen molar-refractivity contribution in [2.45, 2.75) is 6.18 Å². The Bertz CT molecular complexity index is 1370. The molecular weight excluding hydrogens is 469 g/mol. The Morgan fingerprint density at radius 3 is 2.37 bits per heavy atom. The molecule has 1 aromatic carbocycles. The number of hydrogen-bond donors (Lipinski definition) is 2. The van der Waals surface area contributed by atoms with E-state index in [2.05, 4.69) is 25.4 Å². The van der Waals surface area contributed by atoms with Crippen LogP contribution < -0.4 is 14.8 Å². The van der Waals surface area contributed by atoms with Gasteiger partial charge in [0.15, 0.2) is 11.5 Å². The lowest BCUT2D eigenvalue weighted by atomic mass is 10.1. The average molecular weight is 486 g/mol. The lowest BCUT2D eigenvalue weighted by Crippen LogP contribution is -2.10. The Hall–Kier alpha value is -4.68. The van der Waals surface area contributed by atoms with E-state index in [0.29, 0.717) is 17.2 Å². The summed E-state index contributed by atoms with van der Waals surface area (Å²) in [5, 5.41) is 15.8. The summed E-state index contributed by atoms with van der Waals surface area (Å²) in [4.78, 5) is 23.9. The summed E-state index contributed by atoms with van der Waals surface area (Å²) in [6.07, 6.45) is 0.263. The molecule has 35 heavy (non-hydrogen) atoms. The molecule has 0 aliphatic heterocycles. The van der Waals surface area contributed by atoms with Gasteiger partial charge in [0.1, 0.15) is 11.5 Å². The molecule has 3 heterocycles. The number of carboxylic acid groups (broad SMARTS) is 1. The van der Waals surface area contributed by atoms with E-state index in [1.54, 1.807) is 18.2 Å². The third-order valence-electron chi connectivity index (χ3n) is 4.77. The van der Waals surface area contributed by atoms with Gasteiger partial charge in [0, 0.05) is 59.8 Å². The summed E-state index contributed by atoms with van der Waals surface area (Å²) in [5.74, 6) is -0.238. The van der Waals surface area contributed by atoms with E-state index in [9.17, 15) is 23.1 Å². The fourth-order valence-corrected chi connectivity index (χ4v) is 3.12. The molecule has 0 saturated carbocycles. The van der Waals surface area contributed by atoms with Crippen LogP contribution in [-0.4, -0.2) is 50.0 Å². The predicted octanol–water partition coefficient (Wildman–Crippen LogP) is 4.20. The number of aromatic nitrogens is 5. The minimum Gasteiger partial charge on any atom is -0.497 e. The van der Waals surface area contributed by atoms with Gasteiger partial charge in [-0.05, 0) is 12.1 Å². The Kier molecular flexibility index (Phi) is 6.23. The quantitative estimate of drug-likeness (QED) is 0.395. The first kappa shape index (κ1) is 23.5. The van der Waals surface area contributed by atoms with E-state index >= 15 is 0 Å². The highest BCUT2D eigenvalue weighted by Crippen LogP contribution is 2.31. The molecule has 180 valence electrons. The van der Waals surface area contributed by atoms with Gasteiger partial charge in [-0.1, -0.05) is 0 Å². The smallest absolute Gasteiger partial charge is 0.435 e. The minimum atomic E-state index is -4.67. The maximum absolute atomic E-state index is 13.2. The minimum absolute atomic E-state index is 0.0304. The fraction of sp³-hybridized carbons (Fsp3) is 0.136. The molecule has 0 aliphatic rings. The van der Waals surface area contributed by atoms with Crippen LogP contribution >= 0.6 is 0 Å². The second-order valence-electron chi connectivity index (χ2n) is 7.07. The third kappa shape index (κ3) is 5.13. The number of nitrogens with one attached hydrogen (secondary N) is 1. The number of alkyl halides is 3. The maximum atomic E-state index is 13.2. The van der Waals surface area contributed by atoms with Crippen LogP contribution in [0.4, 0.5) is 24.8 Å². The van der Waals surface area contributed by atoms with Crippen molar-refractivity contribution in [2.24, 2.45) is 0 Å². The topological polar surface area (TPSA) is 124 Å². The zero-order valence-corrected chi connectivity index (χ0v) is 18.2. The highest BCUT2D eigenvalue weighted by atomic mass is 19.4. The lowest BCUT2D eigenvalue weighted by Gasteiger charge is -2.13. The fourth-order valence-electron chi connectivity index (χ4n) is 3.12. The number of aromatic carboxylic acids is 1. The number of ether oxygens (including phenoxy) is 2. The third-order valence-corrected chi connectivity index (χ3v) is 4.77. The first-order valence-electron chi connectivity index (χ1n) is 9.87. The summed E-state index contributed by atoms with van der Waals surface area (Å²) in [6.45, 7) is 0. The van der Waals surface area contributed by atoms with Crippen LogP contribution in [0.1, 0.15) is 16.1 Å². The number of benzene rings is 1. The highest BCUT2D eigenvalue weighted by molar-refractivity contribution is 5.89. The number of nitrogens with zero attached hydrogens (tertiary/aromatic N) is 5. The van der Waals surface area contributed by atoms with Crippen LogP contribution in [0.2, 0.25) is 0 Å². The summed E-state index contributed by atoms with van der Waals surface area (Å²) in [6, 6.07) is 7.07. The van der Waals surface area contributed by atoms with Gasteiger partial charge in [-0.3, -0.25) is 4.98 Å². The van der Waals surface area contributed by atoms with Crippen molar-refractivity contribution in [3.63, 3.8) is 0 Å². The van der Waals surface area contributed by atoms with Gasteiger partial charge in [-0.2, -0.15) is 23.3 Å². The molecule has 0 fully saturated rings. The van der Waals surface area contributed by atoms with Crippen LogP contribution in [0.25, 0.3) is 16.9 Å². The Morgan fingerprint density at radius 2 is 1.77 bits per heavy atom. The molecule has 0 aliphatic carbocycles. The molecule has 0 bridgehead atoms. The first-order valence-corrected chi connectivity index (χ1v) is 9.87. The zero-order valence-electron chi connectivity index (χ0n) is 18.2. The molecule has 0 atom stereocenters. The lowest BCUT2D eigenvalue weighted by molar-refractivity contribution is -0.141. The standard InChI is InChI=1S/C22H17F3N6O4/c1-34-15-6-14(7-16(8-15)35-2)28-21-27-11-17(12-5-13(20(32)33)10-26-9-12)19(29-21)31-4-3-18(30-31)22(23,24)25/h3-11H,1-2H3,(H,32,33)(H,27,28,29). The average Bonchev–Trinajstić information content (AvgIpc) is 3.35. The molecule has 0 spiro atoms. The maximum Gasteiger partial charge on any atom is 0.435 e. The number of carboxylic acids is 1. The van der Waals surface area contributed by atoms with Crippen molar-refractivity contribution in [3.05, 3.63) is 66.4 Å². The van der Waals surface area contributed by atoms with Gasteiger partial charge in [-0.25, -0.2) is 14.5 Å². The number of halogens is 3. The van der Waals surface area contributed by atoms with Crippen LogP contribution in [-0.2, 0) is 6.18 Å². The van der Waals surface area contributed by atoms with Gasteiger partial charge in [0.2, 0.25) is 5.95 Å². The van der Waals surface area contributed by atoms with E-state index in [4.69, 9.17) is 9.47 Å². The molecule has 3 aromatic heterocycles. The molecule has 2 N–H and O–H groups in total. The van der Waals surface area contributed by atoms with Crippen LogP contribution in [0, 0.1) is 0 Å². The number of anilines is 2. The van der Waals surface area contributed by atoms with Gasteiger partial charge < -0.3 is 19.9 Å². The van der Waals surface area contributed by atoms with E-state index in [1.807, 2.05) is 0 Å². The van der Waals surface area contributed by atoms with E-state index < -0.39 is 17.8 Å². The number of pyridine rings is 1. The van der Waals surface area contributed by atoms with Crippen molar-refractivity contribution in [2.75, 3.05) is 19.5 Å². The van der Waals surface area contributed by atoms with Gasteiger partial charge >= 0.3 is 12.1 Å². The summed E-state index contributed by atoms with van der Waals surface area (Å²) >= 11 is 0. The molecule has 10 nitrogen and oxygen atoms in total. The van der Waals surface area contributed by atoms with Crippen molar-refractivity contribution in [1.82, 2.24) is 24.7 Å². The van der Waals surface area contributed by atoms with Crippen LogP contribution in [0.5, 0.6) is 11.5 Å². The molecule has 0 unspecified atom stereocenters. The molecule has 0 amide bonds. The second kappa shape index (κ2) is 9.29. The number of methoxy groups -OCH3 is 2. The molecule has 4 rings (SSSR count). The summed E-state index contributed by atoms with van der Waals surface area (Å²) in [7, 11) is 2.97. The molecule has 4 aromatic rings. The Labute approximate surface area is 196 Å². The summed E-state index contributed by atoms with van der Waals surface area (Å²) < 4.78 is 50.9. The SMILES string of the molecule is COc1cc(Nc2ncc(-c3cncc(C(=O)O)c3)c(-n3ccc(C(F)(F)F)n3)n2)cc(OC)c1. The van der Waals surface area contributed by atoms with E-state index in [-0.39, 0.29) is 28.5 Å². The van der Waals surface area contributed by atoms with Gasteiger partial charge in [-0.15, -0.1) is 0 Å². The Balaban J connectivity index is 1.82. The van der Waals surface area contributed by atoms with Crippen LogP contribution in [0.15, 0.2) is 55.1 Å². The molecule has 0 radical (unpaired) electrons. The first-order chi connectivity index (χ1) is 16.7. The van der Waals surface area contributed by atoms with Crippen molar-refractivity contribution < 1.29 is 32.5 Å². The highest BCUT2D eigenvalue weighted by Gasteiger charge is 2.34. The monoisotopic (exact) mass is 486 g/mol. The van der Waals surface area contributed by atoms with Gasteiger partial charge in [0.25, 0.3) is 0 Å². The van der Waals surface area contributed by atoms with E-state index in [1.165, 1.54) is 32.7 Å². The van der Waals surface area contributed by atoms with Crippen molar-refractivity contribution >= 4 is 17.6 Å². The number of carbonyl (C=O) groups is 1. The normalized spacial score (nSPS) is 11.2.